The van der Waals surface area contributed by atoms with Gasteiger partial charge in [0.15, 0.2) is 0 Å². The number of likely N-dealkylation sites (tertiary alicyclic amines) is 1. The number of hydrogen-bond donors (Lipinski definition) is 0. The summed E-state index contributed by atoms with van der Waals surface area (Å²) in [5.74, 6) is -0.339. The Kier molecular flexibility index (Phi) is 1.54. The fourth-order valence-corrected chi connectivity index (χ4v) is 2.95. The van der Waals surface area contributed by atoms with Crippen molar-refractivity contribution in [3.05, 3.63) is 0 Å². The summed E-state index contributed by atoms with van der Waals surface area (Å²) < 4.78 is 0. The first-order valence-electron chi connectivity index (χ1n) is 5.49. The molecule has 2 saturated carbocycles. The van der Waals surface area contributed by atoms with Crippen LogP contribution in [-0.4, -0.2) is 22.3 Å². The third-order valence-corrected chi connectivity index (χ3v) is 3.93. The van der Waals surface area contributed by atoms with Crippen LogP contribution < -0.4 is 0 Å². The lowest BCUT2D eigenvalue weighted by atomic mass is 9.97. The normalized spacial score (nSPS) is 36.6. The van der Waals surface area contributed by atoms with Crippen LogP contribution in [0.3, 0.4) is 0 Å². The molecule has 4 nitrogen and oxygen atoms in total. The molecule has 2 aliphatic carbocycles. The number of amides is 2. The molecule has 2 atom stereocenters. The summed E-state index contributed by atoms with van der Waals surface area (Å²) in [6.45, 7) is 0. The number of piperidine rings is 1. The van der Waals surface area contributed by atoms with Gasteiger partial charge in [0.2, 0.25) is 11.8 Å². The molecular weight excluding hydrogens is 192 g/mol. The van der Waals surface area contributed by atoms with Gasteiger partial charge in [-0.1, -0.05) is 0 Å². The van der Waals surface area contributed by atoms with Crippen LogP contribution in [0.2, 0.25) is 0 Å². The van der Waals surface area contributed by atoms with Gasteiger partial charge in [-0.25, -0.2) is 0 Å². The Morgan fingerprint density at radius 2 is 1.73 bits per heavy atom. The van der Waals surface area contributed by atoms with E-state index in [9.17, 15) is 14.9 Å². The van der Waals surface area contributed by atoms with E-state index in [1.807, 2.05) is 0 Å². The number of imide groups is 1. The molecule has 0 aromatic heterocycles. The molecule has 3 fully saturated rings. The third kappa shape index (κ3) is 0.956. The van der Waals surface area contributed by atoms with Gasteiger partial charge in [-0.05, 0) is 32.1 Å². The maximum atomic E-state index is 11.9. The largest absolute Gasteiger partial charge is 0.274 e. The average Bonchev–Trinajstić information content (AvgIpc) is 2.83. The zero-order valence-electron chi connectivity index (χ0n) is 8.40. The Morgan fingerprint density at radius 1 is 1.20 bits per heavy atom. The minimum absolute atomic E-state index is 0.0803. The second kappa shape index (κ2) is 2.60. The Hall–Kier alpha value is -1.37. The highest BCUT2D eigenvalue weighted by atomic mass is 16.2. The topological polar surface area (TPSA) is 61.2 Å². The predicted molar refractivity (Wildman–Crippen MR) is 50.3 cm³/mol. The zero-order chi connectivity index (χ0) is 10.6. The van der Waals surface area contributed by atoms with Crippen LogP contribution in [0.1, 0.15) is 32.1 Å². The molecule has 0 N–H and O–H groups in total. The summed E-state index contributed by atoms with van der Waals surface area (Å²) in [5, 5.41) is 9.22. The van der Waals surface area contributed by atoms with Crippen molar-refractivity contribution < 1.29 is 9.59 Å². The Balaban J connectivity index is 1.97. The Labute approximate surface area is 87.8 Å². The predicted octanol–water partition coefficient (Wildman–Crippen LogP) is 0.828. The number of hydrogen-bond acceptors (Lipinski definition) is 3. The van der Waals surface area contributed by atoms with E-state index in [0.717, 1.165) is 19.3 Å². The monoisotopic (exact) mass is 204 g/mol. The van der Waals surface area contributed by atoms with Gasteiger partial charge in [0.25, 0.3) is 0 Å². The second-order valence-corrected chi connectivity index (χ2v) is 4.81. The molecule has 0 radical (unpaired) electrons. The van der Waals surface area contributed by atoms with Crippen LogP contribution >= 0.6 is 0 Å². The van der Waals surface area contributed by atoms with Gasteiger partial charge in [-0.3, -0.25) is 14.5 Å². The summed E-state index contributed by atoms with van der Waals surface area (Å²) in [7, 11) is 0. The van der Waals surface area contributed by atoms with Crippen molar-refractivity contribution in [1.29, 1.82) is 5.26 Å². The highest BCUT2D eigenvalue weighted by molar-refractivity contribution is 6.09. The van der Waals surface area contributed by atoms with E-state index in [0.29, 0.717) is 12.8 Å². The lowest BCUT2D eigenvalue weighted by molar-refractivity contribution is -0.146. The summed E-state index contributed by atoms with van der Waals surface area (Å²) >= 11 is 0. The molecule has 15 heavy (non-hydrogen) atoms. The van der Waals surface area contributed by atoms with Crippen molar-refractivity contribution in [3.8, 4) is 6.07 Å². The number of carbonyl (C=O) groups is 2. The molecule has 2 amide bonds. The van der Waals surface area contributed by atoms with Crippen molar-refractivity contribution in [3.63, 3.8) is 0 Å². The van der Waals surface area contributed by atoms with E-state index in [1.54, 1.807) is 0 Å². The van der Waals surface area contributed by atoms with Crippen molar-refractivity contribution in [2.75, 3.05) is 0 Å². The molecule has 2 unspecified atom stereocenters. The van der Waals surface area contributed by atoms with E-state index < -0.39 is 5.54 Å². The van der Waals surface area contributed by atoms with Gasteiger partial charge in [-0.15, -0.1) is 0 Å². The molecule has 1 aliphatic heterocycles. The van der Waals surface area contributed by atoms with Crippen LogP contribution in [0.4, 0.5) is 0 Å². The maximum absolute atomic E-state index is 11.9. The van der Waals surface area contributed by atoms with Crippen LogP contribution in [0.5, 0.6) is 0 Å². The van der Waals surface area contributed by atoms with Gasteiger partial charge in [-0.2, -0.15) is 5.26 Å². The van der Waals surface area contributed by atoms with Gasteiger partial charge in [0.05, 0.1) is 17.9 Å². The number of rotatable bonds is 1. The number of nitriles is 1. The minimum atomic E-state index is -0.790. The van der Waals surface area contributed by atoms with E-state index in [4.69, 9.17) is 0 Å². The quantitative estimate of drug-likeness (QED) is 0.594. The van der Waals surface area contributed by atoms with Crippen molar-refractivity contribution in [2.45, 2.75) is 37.6 Å². The van der Waals surface area contributed by atoms with Crippen molar-refractivity contribution in [2.24, 2.45) is 11.8 Å². The molecule has 3 aliphatic rings. The minimum Gasteiger partial charge on any atom is -0.274 e. The van der Waals surface area contributed by atoms with E-state index in [2.05, 4.69) is 6.07 Å². The summed E-state index contributed by atoms with van der Waals surface area (Å²) in [4.78, 5) is 25.0. The van der Waals surface area contributed by atoms with Gasteiger partial charge >= 0.3 is 0 Å². The molecule has 0 aromatic carbocycles. The van der Waals surface area contributed by atoms with Crippen molar-refractivity contribution in [1.82, 2.24) is 4.90 Å². The highest BCUT2D eigenvalue weighted by Crippen LogP contribution is 2.51. The van der Waals surface area contributed by atoms with Crippen LogP contribution in [-0.2, 0) is 9.59 Å². The maximum Gasteiger partial charge on any atom is 0.234 e. The molecular formula is C11H12N2O2. The van der Waals surface area contributed by atoms with Gasteiger partial charge < -0.3 is 0 Å². The van der Waals surface area contributed by atoms with Crippen LogP contribution in [0.15, 0.2) is 0 Å². The molecule has 0 aromatic rings. The third-order valence-electron chi connectivity index (χ3n) is 3.93. The lowest BCUT2D eigenvalue weighted by Gasteiger charge is -2.31. The fraction of sp³-hybridized carbons (Fsp3) is 0.727. The zero-order valence-corrected chi connectivity index (χ0v) is 8.40. The molecule has 4 heteroatoms. The Bertz CT molecular complexity index is 370. The first-order chi connectivity index (χ1) is 7.19. The molecule has 3 rings (SSSR count). The van der Waals surface area contributed by atoms with E-state index >= 15 is 0 Å². The Morgan fingerprint density at radius 3 is 2.20 bits per heavy atom. The average molecular weight is 204 g/mol. The van der Waals surface area contributed by atoms with Gasteiger partial charge in [0.1, 0.15) is 5.54 Å². The first kappa shape index (κ1) is 8.90. The van der Waals surface area contributed by atoms with Crippen LogP contribution in [0.25, 0.3) is 0 Å². The fourth-order valence-electron chi connectivity index (χ4n) is 2.95. The smallest absolute Gasteiger partial charge is 0.234 e. The molecule has 1 saturated heterocycles. The standard InChI is InChI=1S/C11H12N2O2/c12-6-11(3-1-2-4-11)13-9(14)7-5-8(7)10(13)15/h7-8H,1-5H2. The summed E-state index contributed by atoms with van der Waals surface area (Å²) in [6, 6.07) is 2.21. The van der Waals surface area contributed by atoms with Crippen molar-refractivity contribution >= 4 is 11.8 Å². The highest BCUT2D eigenvalue weighted by Gasteiger charge is 2.64. The summed E-state index contributed by atoms with van der Waals surface area (Å²) in [5.41, 5.74) is -0.790. The first-order valence-corrected chi connectivity index (χ1v) is 5.49. The lowest BCUT2D eigenvalue weighted by Crippen LogP contribution is -2.50. The van der Waals surface area contributed by atoms with Crippen LogP contribution in [0, 0.1) is 23.2 Å². The van der Waals surface area contributed by atoms with Gasteiger partial charge in [0, 0.05) is 0 Å². The molecule has 0 spiro atoms. The molecule has 78 valence electrons. The number of nitrogens with zero attached hydrogens (tertiary/aromatic N) is 2. The SMILES string of the molecule is N#CC1(N2C(=O)C3CC3C2=O)CCCC1. The summed E-state index contributed by atoms with van der Waals surface area (Å²) in [6.07, 6.45) is 3.94. The van der Waals surface area contributed by atoms with E-state index in [1.165, 1.54) is 4.90 Å². The number of carbonyl (C=O) groups excluding carboxylic acids is 2. The number of fused-ring (bicyclic) bond motifs is 1. The van der Waals surface area contributed by atoms with E-state index in [-0.39, 0.29) is 23.7 Å². The molecule has 1 heterocycles. The molecule has 0 bridgehead atoms. The second-order valence-electron chi connectivity index (χ2n) is 4.81.